The van der Waals surface area contributed by atoms with Gasteiger partial charge in [0, 0.05) is 5.56 Å². The van der Waals surface area contributed by atoms with Gasteiger partial charge in [0.05, 0.1) is 23.8 Å². The Labute approximate surface area is 182 Å². The number of ether oxygens (including phenoxy) is 4. The number of benzene rings is 2. The van der Waals surface area contributed by atoms with E-state index in [0.29, 0.717) is 32.7 Å². The van der Waals surface area contributed by atoms with Gasteiger partial charge in [-0.05, 0) is 48.9 Å². The molecule has 3 rings (SSSR count). The molecule has 0 amide bonds. The fourth-order valence-electron chi connectivity index (χ4n) is 2.55. The van der Waals surface area contributed by atoms with Crippen molar-refractivity contribution in [1.29, 1.82) is 0 Å². The molecular formula is C21H17Cl2NO6. The number of rotatable bonds is 7. The van der Waals surface area contributed by atoms with Gasteiger partial charge in [0.15, 0.2) is 23.8 Å². The van der Waals surface area contributed by atoms with E-state index in [1.54, 1.807) is 49.4 Å². The SMILES string of the molecule is CCOC(=O)COc1ccc(/C=C2\N=C(c3ccc(Cl)c(Cl)c3)OC2=O)cc1OC. The Morgan fingerprint density at radius 3 is 2.63 bits per heavy atom. The molecule has 0 bridgehead atoms. The third-order valence-corrected chi connectivity index (χ3v) is 4.67. The Morgan fingerprint density at radius 1 is 1.13 bits per heavy atom. The predicted octanol–water partition coefficient (Wildman–Crippen LogP) is 4.29. The van der Waals surface area contributed by atoms with Crippen LogP contribution in [0.4, 0.5) is 0 Å². The Bertz CT molecular complexity index is 1050. The minimum absolute atomic E-state index is 0.110. The highest BCUT2D eigenvalue weighted by atomic mass is 35.5. The van der Waals surface area contributed by atoms with Crippen LogP contribution in [0, 0.1) is 0 Å². The van der Waals surface area contributed by atoms with E-state index in [-0.39, 0.29) is 24.8 Å². The minimum atomic E-state index is -0.599. The van der Waals surface area contributed by atoms with Gasteiger partial charge in [-0.15, -0.1) is 0 Å². The molecule has 2 aromatic carbocycles. The molecule has 9 heteroatoms. The van der Waals surface area contributed by atoms with Gasteiger partial charge in [-0.2, -0.15) is 0 Å². The lowest BCUT2D eigenvalue weighted by molar-refractivity contribution is -0.145. The molecule has 1 aliphatic rings. The summed E-state index contributed by atoms with van der Waals surface area (Å²) in [6.45, 7) is 1.74. The maximum Gasteiger partial charge on any atom is 0.363 e. The molecule has 0 saturated heterocycles. The molecule has 0 saturated carbocycles. The summed E-state index contributed by atoms with van der Waals surface area (Å²) < 4.78 is 20.8. The van der Waals surface area contributed by atoms with Crippen LogP contribution in [0.3, 0.4) is 0 Å². The zero-order valence-corrected chi connectivity index (χ0v) is 17.6. The average Bonchev–Trinajstić information content (AvgIpc) is 3.09. The van der Waals surface area contributed by atoms with Gasteiger partial charge in [0.2, 0.25) is 5.90 Å². The van der Waals surface area contributed by atoms with E-state index in [4.69, 9.17) is 42.1 Å². The van der Waals surface area contributed by atoms with Crippen LogP contribution in [0.15, 0.2) is 47.1 Å². The van der Waals surface area contributed by atoms with Gasteiger partial charge in [0.25, 0.3) is 0 Å². The number of esters is 2. The lowest BCUT2D eigenvalue weighted by Gasteiger charge is -2.10. The zero-order valence-electron chi connectivity index (χ0n) is 16.1. The van der Waals surface area contributed by atoms with Crippen molar-refractivity contribution in [3.63, 3.8) is 0 Å². The third-order valence-electron chi connectivity index (χ3n) is 3.93. The van der Waals surface area contributed by atoms with E-state index in [0.717, 1.165) is 0 Å². The molecule has 30 heavy (non-hydrogen) atoms. The Hall–Kier alpha value is -3.03. The lowest BCUT2D eigenvalue weighted by atomic mass is 10.1. The molecule has 0 N–H and O–H groups in total. The molecule has 1 aliphatic heterocycles. The van der Waals surface area contributed by atoms with Crippen molar-refractivity contribution < 1.29 is 28.5 Å². The Kier molecular flexibility index (Phi) is 6.97. The van der Waals surface area contributed by atoms with Gasteiger partial charge in [-0.25, -0.2) is 14.6 Å². The zero-order chi connectivity index (χ0) is 21.7. The van der Waals surface area contributed by atoms with Gasteiger partial charge in [0.1, 0.15) is 0 Å². The third kappa shape index (κ3) is 5.11. The molecule has 0 unspecified atom stereocenters. The van der Waals surface area contributed by atoms with E-state index >= 15 is 0 Å². The maximum absolute atomic E-state index is 12.2. The number of cyclic esters (lactones) is 1. The second-order valence-electron chi connectivity index (χ2n) is 5.97. The molecule has 7 nitrogen and oxygen atoms in total. The molecule has 156 valence electrons. The molecule has 0 aliphatic carbocycles. The number of carbonyl (C=O) groups is 2. The first-order chi connectivity index (χ1) is 14.4. The van der Waals surface area contributed by atoms with Crippen molar-refractivity contribution in [3.8, 4) is 11.5 Å². The number of hydrogen-bond acceptors (Lipinski definition) is 7. The number of methoxy groups -OCH3 is 1. The summed E-state index contributed by atoms with van der Waals surface area (Å²) in [4.78, 5) is 27.9. The van der Waals surface area contributed by atoms with Gasteiger partial charge in [-0.1, -0.05) is 29.3 Å². The van der Waals surface area contributed by atoms with Crippen LogP contribution < -0.4 is 9.47 Å². The van der Waals surface area contributed by atoms with Crippen molar-refractivity contribution in [2.75, 3.05) is 20.3 Å². The van der Waals surface area contributed by atoms with Crippen LogP contribution in [0.25, 0.3) is 6.08 Å². The monoisotopic (exact) mass is 449 g/mol. The fourth-order valence-corrected chi connectivity index (χ4v) is 2.85. The van der Waals surface area contributed by atoms with Crippen LogP contribution in [0.2, 0.25) is 10.0 Å². The summed E-state index contributed by atoms with van der Waals surface area (Å²) in [5, 5.41) is 0.715. The van der Waals surface area contributed by atoms with Gasteiger partial charge >= 0.3 is 11.9 Å². The number of carbonyl (C=O) groups excluding carboxylic acids is 2. The van der Waals surface area contributed by atoms with Crippen molar-refractivity contribution in [1.82, 2.24) is 0 Å². The van der Waals surface area contributed by atoms with Crippen LogP contribution >= 0.6 is 23.2 Å². The standard InChI is InChI=1S/C21H17Cl2NO6/c1-3-28-19(25)11-29-17-7-4-12(9-18(17)27-2)8-16-21(26)30-20(24-16)13-5-6-14(22)15(23)10-13/h4-10H,3,11H2,1-2H3/b16-8-. The first kappa shape index (κ1) is 21.7. The van der Waals surface area contributed by atoms with E-state index in [1.807, 2.05) is 0 Å². The largest absolute Gasteiger partial charge is 0.493 e. The number of hydrogen-bond donors (Lipinski definition) is 0. The second kappa shape index (κ2) is 9.65. The van der Waals surface area contributed by atoms with E-state index in [9.17, 15) is 9.59 Å². The highest BCUT2D eigenvalue weighted by Gasteiger charge is 2.24. The maximum atomic E-state index is 12.2. The summed E-state index contributed by atoms with van der Waals surface area (Å²) in [6.07, 6.45) is 1.55. The molecule has 0 radical (unpaired) electrons. The van der Waals surface area contributed by atoms with E-state index < -0.39 is 11.9 Å². The number of nitrogens with zero attached hydrogens (tertiary/aromatic N) is 1. The lowest BCUT2D eigenvalue weighted by Crippen LogP contribution is -2.14. The minimum Gasteiger partial charge on any atom is -0.493 e. The summed E-state index contributed by atoms with van der Waals surface area (Å²) in [5.74, 6) is -0.206. The predicted molar refractivity (Wildman–Crippen MR) is 112 cm³/mol. The average molecular weight is 450 g/mol. The summed E-state index contributed by atoms with van der Waals surface area (Å²) in [7, 11) is 1.47. The van der Waals surface area contributed by atoms with Crippen LogP contribution in [0.1, 0.15) is 18.1 Å². The first-order valence-electron chi connectivity index (χ1n) is 8.85. The molecule has 0 atom stereocenters. The molecular weight excluding hydrogens is 433 g/mol. The normalized spacial score (nSPS) is 14.3. The Morgan fingerprint density at radius 2 is 1.93 bits per heavy atom. The summed E-state index contributed by atoms with van der Waals surface area (Å²) >= 11 is 11.9. The number of halogens is 2. The number of aliphatic imine (C=N–C) groups is 1. The Balaban J connectivity index is 1.81. The molecule has 0 spiro atoms. The molecule has 2 aromatic rings. The highest BCUT2D eigenvalue weighted by Crippen LogP contribution is 2.30. The van der Waals surface area contributed by atoms with Crippen LogP contribution in [-0.4, -0.2) is 38.2 Å². The molecule has 0 aromatic heterocycles. The fraction of sp³-hybridized carbons (Fsp3) is 0.190. The first-order valence-corrected chi connectivity index (χ1v) is 9.61. The van der Waals surface area contributed by atoms with Crippen LogP contribution in [0.5, 0.6) is 11.5 Å². The molecule has 0 fully saturated rings. The highest BCUT2D eigenvalue weighted by molar-refractivity contribution is 6.42. The quantitative estimate of drug-likeness (QED) is 0.463. The molecule has 1 heterocycles. The van der Waals surface area contributed by atoms with Crippen LogP contribution in [-0.2, 0) is 19.1 Å². The topological polar surface area (TPSA) is 83.4 Å². The second-order valence-corrected chi connectivity index (χ2v) is 6.78. The summed E-state index contributed by atoms with van der Waals surface area (Å²) in [5.41, 5.74) is 1.26. The van der Waals surface area contributed by atoms with Crippen molar-refractivity contribution in [2.24, 2.45) is 4.99 Å². The van der Waals surface area contributed by atoms with Gasteiger partial charge in [-0.3, -0.25) is 0 Å². The van der Waals surface area contributed by atoms with Crippen molar-refractivity contribution in [2.45, 2.75) is 6.92 Å². The van der Waals surface area contributed by atoms with Crippen molar-refractivity contribution in [3.05, 3.63) is 63.3 Å². The van der Waals surface area contributed by atoms with E-state index in [1.165, 1.54) is 7.11 Å². The van der Waals surface area contributed by atoms with Gasteiger partial charge < -0.3 is 18.9 Å². The van der Waals surface area contributed by atoms with E-state index in [2.05, 4.69) is 4.99 Å². The van der Waals surface area contributed by atoms with Crippen molar-refractivity contribution >= 4 is 47.1 Å². The summed E-state index contributed by atoms with van der Waals surface area (Å²) in [6, 6.07) is 9.77. The smallest absolute Gasteiger partial charge is 0.363 e.